The quantitative estimate of drug-likeness (QED) is 0.711. The van der Waals surface area contributed by atoms with E-state index in [4.69, 9.17) is 4.42 Å². The third-order valence-corrected chi connectivity index (χ3v) is 3.62. The Labute approximate surface area is 117 Å². The number of hydrogen-bond donors (Lipinski definition) is 0. The molecule has 2 heterocycles. The summed E-state index contributed by atoms with van der Waals surface area (Å²) in [6.45, 7) is 3.83. The Hall–Kier alpha value is -2.54. The molecule has 0 atom stereocenters. The van der Waals surface area contributed by atoms with Crippen molar-refractivity contribution in [2.75, 3.05) is 0 Å². The molecular weight excluding hydrogens is 250 g/mol. The summed E-state index contributed by atoms with van der Waals surface area (Å²) < 4.78 is 7.40. The number of nitriles is 1. The lowest BCUT2D eigenvalue weighted by molar-refractivity contribution is 0.574. The van der Waals surface area contributed by atoms with Gasteiger partial charge in [-0.25, -0.2) is 4.98 Å². The highest BCUT2D eigenvalue weighted by atomic mass is 16.3. The Balaban J connectivity index is 2.22. The monoisotopic (exact) mass is 265 g/mol. The van der Waals surface area contributed by atoms with E-state index in [1.54, 1.807) is 6.26 Å². The van der Waals surface area contributed by atoms with Gasteiger partial charge in [0.1, 0.15) is 0 Å². The van der Waals surface area contributed by atoms with Gasteiger partial charge in [-0.05, 0) is 43.7 Å². The molecule has 0 radical (unpaired) electrons. The first-order chi connectivity index (χ1) is 9.53. The van der Waals surface area contributed by atoms with Crippen LogP contribution in [0.15, 0.2) is 41.0 Å². The third kappa shape index (κ3) is 1.79. The summed E-state index contributed by atoms with van der Waals surface area (Å²) in [5.74, 6) is 1.53. The molecule has 3 rings (SSSR count). The second kappa shape index (κ2) is 4.24. The van der Waals surface area contributed by atoms with Crippen molar-refractivity contribution in [2.45, 2.75) is 19.3 Å². The predicted molar refractivity (Wildman–Crippen MR) is 77.1 cm³/mol. The van der Waals surface area contributed by atoms with Crippen LogP contribution in [0.1, 0.15) is 19.4 Å². The fourth-order valence-corrected chi connectivity index (χ4v) is 2.27. The van der Waals surface area contributed by atoms with Gasteiger partial charge >= 0.3 is 0 Å². The minimum absolute atomic E-state index is 0.511. The topological polar surface area (TPSA) is 54.8 Å². The molecule has 2 aromatic heterocycles. The molecule has 0 fully saturated rings. The van der Waals surface area contributed by atoms with Gasteiger partial charge in [0.2, 0.25) is 0 Å². The molecule has 0 aliphatic heterocycles. The molecule has 0 amide bonds. The normalized spacial score (nSPS) is 11.7. The van der Waals surface area contributed by atoms with Crippen molar-refractivity contribution >= 4 is 11.0 Å². The van der Waals surface area contributed by atoms with E-state index in [1.807, 2.05) is 55.8 Å². The van der Waals surface area contributed by atoms with Gasteiger partial charge in [0.15, 0.2) is 11.6 Å². The lowest BCUT2D eigenvalue weighted by Crippen LogP contribution is -2.13. The van der Waals surface area contributed by atoms with Gasteiger partial charge in [0, 0.05) is 7.05 Å². The molecule has 0 unspecified atom stereocenters. The van der Waals surface area contributed by atoms with Crippen molar-refractivity contribution in [1.29, 1.82) is 5.26 Å². The van der Waals surface area contributed by atoms with Crippen LogP contribution in [0, 0.1) is 11.3 Å². The highest BCUT2D eigenvalue weighted by Gasteiger charge is 2.21. The van der Waals surface area contributed by atoms with Crippen LogP contribution in [0.25, 0.3) is 22.6 Å². The molecule has 0 aliphatic carbocycles. The average Bonchev–Trinajstić information content (AvgIpc) is 3.07. The number of aromatic nitrogens is 2. The van der Waals surface area contributed by atoms with Crippen LogP contribution in [0.2, 0.25) is 0 Å². The van der Waals surface area contributed by atoms with Crippen LogP contribution >= 0.6 is 0 Å². The van der Waals surface area contributed by atoms with E-state index in [-0.39, 0.29) is 0 Å². The summed E-state index contributed by atoms with van der Waals surface area (Å²) >= 11 is 0. The van der Waals surface area contributed by atoms with E-state index < -0.39 is 5.41 Å². The van der Waals surface area contributed by atoms with Gasteiger partial charge in [-0.15, -0.1) is 0 Å². The summed E-state index contributed by atoms with van der Waals surface area (Å²) in [4.78, 5) is 4.59. The van der Waals surface area contributed by atoms with E-state index >= 15 is 0 Å². The zero-order valence-electron chi connectivity index (χ0n) is 11.7. The molecule has 0 bridgehead atoms. The van der Waals surface area contributed by atoms with Crippen LogP contribution in [0.4, 0.5) is 0 Å². The molecule has 0 spiro atoms. The fourth-order valence-electron chi connectivity index (χ4n) is 2.27. The maximum Gasteiger partial charge on any atom is 0.176 e. The molecule has 100 valence electrons. The minimum Gasteiger partial charge on any atom is -0.461 e. The van der Waals surface area contributed by atoms with E-state index in [0.29, 0.717) is 0 Å². The number of rotatable bonds is 2. The second-order valence-corrected chi connectivity index (χ2v) is 5.41. The predicted octanol–water partition coefficient (Wildman–Crippen LogP) is 3.63. The highest BCUT2D eigenvalue weighted by Crippen LogP contribution is 2.29. The maximum atomic E-state index is 9.26. The smallest absolute Gasteiger partial charge is 0.176 e. The van der Waals surface area contributed by atoms with Gasteiger partial charge in [-0.1, -0.05) is 6.07 Å². The summed E-state index contributed by atoms with van der Waals surface area (Å²) in [5, 5.41) is 9.26. The second-order valence-electron chi connectivity index (χ2n) is 5.41. The Morgan fingerprint density at radius 3 is 2.75 bits per heavy atom. The first kappa shape index (κ1) is 12.5. The van der Waals surface area contributed by atoms with Crippen LogP contribution in [-0.2, 0) is 12.5 Å². The Kier molecular flexibility index (Phi) is 2.65. The zero-order valence-corrected chi connectivity index (χ0v) is 11.7. The fraction of sp³-hybridized carbons (Fsp3) is 0.250. The van der Waals surface area contributed by atoms with Gasteiger partial charge in [0.25, 0.3) is 0 Å². The summed E-state index contributed by atoms with van der Waals surface area (Å²) in [6, 6.07) is 12.0. The Morgan fingerprint density at radius 1 is 1.30 bits per heavy atom. The van der Waals surface area contributed by atoms with Gasteiger partial charge in [-0.3, -0.25) is 0 Å². The lowest BCUT2D eigenvalue weighted by Gasteiger charge is -2.15. The maximum absolute atomic E-state index is 9.26. The SMILES string of the molecule is Cn1c(-c2ccco2)nc2ccc(C(C)(C)C#N)cc21. The Morgan fingerprint density at radius 2 is 2.10 bits per heavy atom. The first-order valence-corrected chi connectivity index (χ1v) is 6.45. The summed E-state index contributed by atoms with van der Waals surface area (Å²) in [6.07, 6.45) is 1.64. The Bertz CT molecular complexity index is 804. The standard InChI is InChI=1S/C16H15N3O/c1-16(2,10-17)11-6-7-12-13(9-11)19(3)15(18-12)14-5-4-8-20-14/h4-9H,1-3H3. The summed E-state index contributed by atoms with van der Waals surface area (Å²) in [5.41, 5.74) is 2.37. The van der Waals surface area contributed by atoms with E-state index in [2.05, 4.69) is 11.1 Å². The van der Waals surface area contributed by atoms with Crippen LogP contribution in [0.5, 0.6) is 0 Å². The summed E-state index contributed by atoms with van der Waals surface area (Å²) in [7, 11) is 1.95. The number of furan rings is 1. The molecule has 4 heteroatoms. The first-order valence-electron chi connectivity index (χ1n) is 6.45. The molecule has 3 aromatic rings. The van der Waals surface area contributed by atoms with Crippen molar-refractivity contribution in [3.63, 3.8) is 0 Å². The molecule has 0 aliphatic rings. The number of imidazole rings is 1. The average molecular weight is 265 g/mol. The van der Waals surface area contributed by atoms with Gasteiger partial charge in [0.05, 0.1) is 28.8 Å². The molecule has 0 N–H and O–H groups in total. The van der Waals surface area contributed by atoms with E-state index in [9.17, 15) is 5.26 Å². The van der Waals surface area contributed by atoms with Crippen LogP contribution in [-0.4, -0.2) is 9.55 Å². The van der Waals surface area contributed by atoms with Crippen molar-refractivity contribution in [2.24, 2.45) is 7.05 Å². The van der Waals surface area contributed by atoms with Crippen LogP contribution < -0.4 is 0 Å². The molecule has 0 saturated heterocycles. The minimum atomic E-state index is -0.511. The van der Waals surface area contributed by atoms with Crippen LogP contribution in [0.3, 0.4) is 0 Å². The molecule has 1 aromatic carbocycles. The largest absolute Gasteiger partial charge is 0.461 e. The molecule has 4 nitrogen and oxygen atoms in total. The van der Waals surface area contributed by atoms with Crippen molar-refractivity contribution in [3.05, 3.63) is 42.2 Å². The van der Waals surface area contributed by atoms with Gasteiger partial charge in [-0.2, -0.15) is 5.26 Å². The van der Waals surface area contributed by atoms with Gasteiger partial charge < -0.3 is 8.98 Å². The third-order valence-electron chi connectivity index (χ3n) is 3.62. The number of benzene rings is 1. The number of hydrogen-bond acceptors (Lipinski definition) is 3. The molecule has 0 saturated carbocycles. The molecular formula is C16H15N3O. The van der Waals surface area contributed by atoms with Crippen molar-refractivity contribution in [3.8, 4) is 17.7 Å². The van der Waals surface area contributed by atoms with E-state index in [0.717, 1.165) is 28.2 Å². The number of nitrogens with zero attached hydrogens (tertiary/aromatic N) is 3. The number of aryl methyl sites for hydroxylation is 1. The van der Waals surface area contributed by atoms with Crippen molar-refractivity contribution in [1.82, 2.24) is 9.55 Å². The highest BCUT2D eigenvalue weighted by molar-refractivity contribution is 5.80. The van der Waals surface area contributed by atoms with Crippen molar-refractivity contribution < 1.29 is 4.42 Å². The zero-order chi connectivity index (χ0) is 14.3. The van der Waals surface area contributed by atoms with E-state index in [1.165, 1.54) is 0 Å². The number of fused-ring (bicyclic) bond motifs is 1. The molecule has 20 heavy (non-hydrogen) atoms. The lowest BCUT2D eigenvalue weighted by atomic mass is 9.86.